The molecule has 5 rings (SSSR count). The van der Waals surface area contributed by atoms with Crippen molar-refractivity contribution in [2.75, 3.05) is 7.11 Å². The molecule has 7 nitrogen and oxygen atoms in total. The van der Waals surface area contributed by atoms with E-state index in [1.807, 2.05) is 66.7 Å². The molecule has 0 N–H and O–H groups in total. The van der Waals surface area contributed by atoms with E-state index in [1.54, 1.807) is 16.5 Å². The molecule has 0 fully saturated rings. The van der Waals surface area contributed by atoms with E-state index in [1.165, 1.54) is 0 Å². The van der Waals surface area contributed by atoms with Gasteiger partial charge in [-0.05, 0) is 42.5 Å². The molecule has 0 spiro atoms. The Kier molecular flexibility index (Phi) is 3.18. The van der Waals surface area contributed by atoms with E-state index in [2.05, 4.69) is 20.6 Å². The summed E-state index contributed by atoms with van der Waals surface area (Å²) >= 11 is 0. The summed E-state index contributed by atoms with van der Waals surface area (Å²) in [5.41, 5.74) is 5.17. The van der Waals surface area contributed by atoms with Gasteiger partial charge in [0.15, 0.2) is 0 Å². The van der Waals surface area contributed by atoms with Crippen molar-refractivity contribution in [3.63, 3.8) is 0 Å². The number of para-hydroxylation sites is 2. The average molecular weight is 342 g/mol. The highest BCUT2D eigenvalue weighted by Gasteiger charge is 2.14. The van der Waals surface area contributed by atoms with Gasteiger partial charge in [-0.1, -0.05) is 34.7 Å². The second-order valence-electron chi connectivity index (χ2n) is 5.84. The van der Waals surface area contributed by atoms with Gasteiger partial charge in [0.05, 0.1) is 23.8 Å². The van der Waals surface area contributed by atoms with E-state index in [0.29, 0.717) is 5.75 Å². The minimum absolute atomic E-state index is 0.703. The summed E-state index contributed by atoms with van der Waals surface area (Å²) in [6, 6.07) is 21.5. The van der Waals surface area contributed by atoms with Crippen LogP contribution in [0.1, 0.15) is 0 Å². The SMILES string of the molecule is COc1ccc(-n2nnc3ccccc32)cc1-n1nnc2ccccc21. The smallest absolute Gasteiger partial charge is 0.144 e. The van der Waals surface area contributed by atoms with Crippen LogP contribution in [0, 0.1) is 0 Å². The van der Waals surface area contributed by atoms with Crippen molar-refractivity contribution in [3.05, 3.63) is 66.7 Å². The fourth-order valence-electron chi connectivity index (χ4n) is 3.08. The fraction of sp³-hybridized carbons (Fsp3) is 0.0526. The minimum Gasteiger partial charge on any atom is -0.494 e. The zero-order chi connectivity index (χ0) is 17.5. The third kappa shape index (κ3) is 2.14. The molecular weight excluding hydrogens is 328 g/mol. The maximum absolute atomic E-state index is 5.54. The number of ether oxygens (including phenoxy) is 1. The zero-order valence-corrected chi connectivity index (χ0v) is 13.9. The van der Waals surface area contributed by atoms with E-state index >= 15 is 0 Å². The van der Waals surface area contributed by atoms with E-state index in [9.17, 15) is 0 Å². The lowest BCUT2D eigenvalue weighted by Crippen LogP contribution is -2.03. The van der Waals surface area contributed by atoms with Crippen LogP contribution in [0.5, 0.6) is 5.75 Å². The quantitative estimate of drug-likeness (QED) is 0.504. The molecule has 0 unspecified atom stereocenters. The lowest BCUT2D eigenvalue weighted by atomic mass is 10.2. The molecule has 0 aliphatic rings. The second kappa shape index (κ2) is 5.66. The lowest BCUT2D eigenvalue weighted by molar-refractivity contribution is 0.411. The zero-order valence-electron chi connectivity index (χ0n) is 13.9. The molecule has 0 radical (unpaired) electrons. The monoisotopic (exact) mass is 342 g/mol. The Morgan fingerprint density at radius 3 is 2.04 bits per heavy atom. The van der Waals surface area contributed by atoms with Crippen molar-refractivity contribution in [2.45, 2.75) is 0 Å². The molecule has 7 heteroatoms. The van der Waals surface area contributed by atoms with Gasteiger partial charge in [0.1, 0.15) is 22.5 Å². The number of hydrogen-bond donors (Lipinski definition) is 0. The normalized spacial score (nSPS) is 11.3. The first-order chi connectivity index (χ1) is 12.8. The van der Waals surface area contributed by atoms with Crippen molar-refractivity contribution < 1.29 is 4.74 Å². The first-order valence-corrected chi connectivity index (χ1v) is 8.15. The summed E-state index contributed by atoms with van der Waals surface area (Å²) < 4.78 is 9.12. The van der Waals surface area contributed by atoms with Gasteiger partial charge in [-0.15, -0.1) is 10.2 Å². The van der Waals surface area contributed by atoms with Gasteiger partial charge in [-0.2, -0.15) is 0 Å². The highest BCUT2D eigenvalue weighted by Crippen LogP contribution is 2.28. The number of nitrogens with zero attached hydrogens (tertiary/aromatic N) is 6. The van der Waals surface area contributed by atoms with Gasteiger partial charge < -0.3 is 4.74 Å². The van der Waals surface area contributed by atoms with Crippen molar-refractivity contribution >= 4 is 22.1 Å². The van der Waals surface area contributed by atoms with Crippen molar-refractivity contribution in [1.29, 1.82) is 0 Å². The topological polar surface area (TPSA) is 70.7 Å². The number of hydrogen-bond acceptors (Lipinski definition) is 5. The van der Waals surface area contributed by atoms with Crippen molar-refractivity contribution in [2.24, 2.45) is 0 Å². The Bertz CT molecular complexity index is 1240. The lowest BCUT2D eigenvalue weighted by Gasteiger charge is -2.11. The highest BCUT2D eigenvalue weighted by molar-refractivity contribution is 5.78. The number of rotatable bonds is 3. The summed E-state index contributed by atoms with van der Waals surface area (Å²) in [4.78, 5) is 0. The third-order valence-electron chi connectivity index (χ3n) is 4.34. The van der Waals surface area contributed by atoms with Crippen LogP contribution in [0.2, 0.25) is 0 Å². The van der Waals surface area contributed by atoms with Crippen LogP contribution in [-0.2, 0) is 0 Å². The maximum Gasteiger partial charge on any atom is 0.144 e. The standard InChI is InChI=1S/C19H14N6O/c1-26-19-11-10-13(24-16-8-4-2-6-14(16)20-22-24)12-18(19)25-17-9-5-3-7-15(17)21-23-25/h2-12H,1H3. The van der Waals surface area contributed by atoms with E-state index in [-0.39, 0.29) is 0 Å². The molecule has 0 saturated heterocycles. The van der Waals surface area contributed by atoms with Gasteiger partial charge in [-0.3, -0.25) is 0 Å². The van der Waals surface area contributed by atoms with Crippen LogP contribution in [-0.4, -0.2) is 37.1 Å². The molecule has 126 valence electrons. The van der Waals surface area contributed by atoms with E-state index in [0.717, 1.165) is 33.4 Å². The van der Waals surface area contributed by atoms with Gasteiger partial charge >= 0.3 is 0 Å². The van der Waals surface area contributed by atoms with Crippen LogP contribution in [0.3, 0.4) is 0 Å². The van der Waals surface area contributed by atoms with Gasteiger partial charge in [0, 0.05) is 0 Å². The van der Waals surface area contributed by atoms with E-state index in [4.69, 9.17) is 4.74 Å². The van der Waals surface area contributed by atoms with Gasteiger partial charge in [-0.25, -0.2) is 9.36 Å². The summed E-state index contributed by atoms with van der Waals surface area (Å²) in [5, 5.41) is 17.0. The highest BCUT2D eigenvalue weighted by atomic mass is 16.5. The molecule has 2 aromatic heterocycles. The third-order valence-corrected chi connectivity index (χ3v) is 4.34. The molecule has 5 aromatic rings. The summed E-state index contributed by atoms with van der Waals surface area (Å²) in [7, 11) is 1.64. The number of fused-ring (bicyclic) bond motifs is 2. The average Bonchev–Trinajstić information content (AvgIpc) is 3.32. The first-order valence-electron chi connectivity index (χ1n) is 8.15. The summed E-state index contributed by atoms with van der Waals surface area (Å²) in [6.45, 7) is 0. The maximum atomic E-state index is 5.54. The molecule has 2 heterocycles. The Balaban J connectivity index is 1.74. The molecule has 26 heavy (non-hydrogen) atoms. The van der Waals surface area contributed by atoms with Crippen LogP contribution in [0.4, 0.5) is 0 Å². The Morgan fingerprint density at radius 2 is 1.35 bits per heavy atom. The largest absolute Gasteiger partial charge is 0.494 e. The van der Waals surface area contributed by atoms with Crippen LogP contribution in [0.25, 0.3) is 33.4 Å². The molecule has 0 aliphatic carbocycles. The molecule has 0 aliphatic heterocycles. The summed E-state index contributed by atoms with van der Waals surface area (Å²) in [5.74, 6) is 0.703. The Hall–Kier alpha value is -3.74. The van der Waals surface area contributed by atoms with Crippen LogP contribution >= 0.6 is 0 Å². The number of methoxy groups -OCH3 is 1. The molecule has 0 saturated carbocycles. The van der Waals surface area contributed by atoms with Crippen molar-refractivity contribution in [3.8, 4) is 17.1 Å². The fourth-order valence-corrected chi connectivity index (χ4v) is 3.08. The number of benzene rings is 3. The summed E-state index contributed by atoms with van der Waals surface area (Å²) in [6.07, 6.45) is 0. The van der Waals surface area contributed by atoms with Crippen LogP contribution in [0.15, 0.2) is 66.7 Å². The predicted octanol–water partition coefficient (Wildman–Crippen LogP) is 3.16. The van der Waals surface area contributed by atoms with Crippen LogP contribution < -0.4 is 4.74 Å². The minimum atomic E-state index is 0.703. The number of aromatic nitrogens is 6. The van der Waals surface area contributed by atoms with Crippen molar-refractivity contribution in [1.82, 2.24) is 30.0 Å². The predicted molar refractivity (Wildman–Crippen MR) is 97.8 cm³/mol. The molecule has 0 bridgehead atoms. The first kappa shape index (κ1) is 14.6. The van der Waals surface area contributed by atoms with Gasteiger partial charge in [0.2, 0.25) is 0 Å². The Morgan fingerprint density at radius 1 is 0.731 bits per heavy atom. The molecule has 3 aromatic carbocycles. The van der Waals surface area contributed by atoms with Gasteiger partial charge in [0.25, 0.3) is 0 Å². The van der Waals surface area contributed by atoms with E-state index < -0.39 is 0 Å². The molecule has 0 atom stereocenters. The Labute approximate surface area is 148 Å². The second-order valence-corrected chi connectivity index (χ2v) is 5.84. The molecule has 0 amide bonds. The molecular formula is C19H14N6O.